The van der Waals surface area contributed by atoms with Gasteiger partial charge in [0.25, 0.3) is 5.56 Å². The molecule has 4 heteroatoms. The summed E-state index contributed by atoms with van der Waals surface area (Å²) in [5, 5.41) is 3.40. The maximum atomic E-state index is 13.0. The second-order valence-electron chi connectivity index (χ2n) is 7.09. The average molecular weight is 353 g/mol. The Kier molecular flexibility index (Phi) is 5.09. The highest BCUT2D eigenvalue weighted by Gasteiger charge is 2.23. The van der Waals surface area contributed by atoms with Crippen LogP contribution in [0.15, 0.2) is 65.5 Å². The van der Waals surface area contributed by atoms with Gasteiger partial charge in [-0.15, -0.1) is 0 Å². The smallest absolute Gasteiger partial charge is 0.285 e. The topological polar surface area (TPSA) is 34.0 Å². The molecule has 0 amide bonds. The third kappa shape index (κ3) is 4.02. The highest BCUT2D eigenvalue weighted by Crippen LogP contribution is 2.33. The van der Waals surface area contributed by atoms with Crippen LogP contribution in [0.4, 0.5) is 5.69 Å². The van der Waals surface area contributed by atoms with Gasteiger partial charge in [0.1, 0.15) is 5.69 Å². The zero-order valence-corrected chi connectivity index (χ0v) is 15.8. The van der Waals surface area contributed by atoms with E-state index >= 15 is 0 Å². The summed E-state index contributed by atoms with van der Waals surface area (Å²) >= 11 is 1.53. The molecule has 0 saturated heterocycles. The van der Waals surface area contributed by atoms with E-state index in [0.717, 1.165) is 23.4 Å². The van der Waals surface area contributed by atoms with Gasteiger partial charge >= 0.3 is 0 Å². The number of hydrogen-bond donors (Lipinski definition) is 1. The molecule has 1 N–H and O–H groups in total. The van der Waals surface area contributed by atoms with Crippen LogP contribution in [-0.4, -0.2) is 10.5 Å². The first-order chi connectivity index (χ1) is 12.0. The average Bonchev–Trinajstić information content (AvgIpc) is 2.94. The Labute approximate surface area is 153 Å². The lowest BCUT2D eigenvalue weighted by molar-refractivity contribution is 0.419. The Morgan fingerprint density at radius 2 is 1.56 bits per heavy atom. The van der Waals surface area contributed by atoms with Gasteiger partial charge in [-0.05, 0) is 38.3 Å². The summed E-state index contributed by atoms with van der Waals surface area (Å²) in [6, 6.07) is 20.5. The molecule has 0 aliphatic heterocycles. The van der Waals surface area contributed by atoms with Crippen LogP contribution >= 0.6 is 11.5 Å². The van der Waals surface area contributed by atoms with Gasteiger partial charge in [-0.1, -0.05) is 72.2 Å². The summed E-state index contributed by atoms with van der Waals surface area (Å²) < 4.78 is 1.86. The molecule has 0 saturated carbocycles. The van der Waals surface area contributed by atoms with Crippen LogP contribution in [-0.2, 0) is 12.0 Å². The van der Waals surface area contributed by atoms with Crippen molar-refractivity contribution in [1.29, 1.82) is 0 Å². The van der Waals surface area contributed by atoms with Crippen LogP contribution in [0.2, 0.25) is 0 Å². The molecule has 3 aromatic rings. The molecule has 2 aromatic carbocycles. The molecule has 0 bridgehead atoms. The van der Waals surface area contributed by atoms with Crippen molar-refractivity contribution >= 4 is 17.2 Å². The fraction of sp³-hybridized carbons (Fsp3) is 0.286. The molecule has 130 valence electrons. The van der Waals surface area contributed by atoms with Crippen LogP contribution in [0.3, 0.4) is 0 Å². The highest BCUT2D eigenvalue weighted by molar-refractivity contribution is 7.11. The molecule has 0 spiro atoms. The number of aromatic nitrogens is 1. The van der Waals surface area contributed by atoms with Crippen molar-refractivity contribution < 1.29 is 0 Å². The minimum absolute atomic E-state index is 0.0596. The van der Waals surface area contributed by atoms with E-state index in [9.17, 15) is 4.79 Å². The molecule has 0 unspecified atom stereocenters. The van der Waals surface area contributed by atoms with Crippen molar-refractivity contribution in [2.45, 2.75) is 32.7 Å². The molecular weight excluding hydrogens is 328 g/mol. The summed E-state index contributed by atoms with van der Waals surface area (Å²) in [7, 11) is 0. The lowest BCUT2D eigenvalue weighted by atomic mass is 10.1. The van der Waals surface area contributed by atoms with E-state index in [2.05, 4.69) is 50.4 Å². The number of benzene rings is 2. The molecule has 0 aliphatic carbocycles. The van der Waals surface area contributed by atoms with Crippen LogP contribution in [0, 0.1) is 0 Å². The number of anilines is 1. The second-order valence-corrected chi connectivity index (χ2v) is 8.05. The van der Waals surface area contributed by atoms with Crippen LogP contribution in [0.25, 0.3) is 10.4 Å². The summed E-state index contributed by atoms with van der Waals surface area (Å²) in [4.78, 5) is 14.0. The van der Waals surface area contributed by atoms with Crippen LogP contribution in [0.5, 0.6) is 0 Å². The minimum atomic E-state index is -0.232. The van der Waals surface area contributed by atoms with E-state index in [-0.39, 0.29) is 11.1 Å². The Morgan fingerprint density at radius 3 is 2.16 bits per heavy atom. The van der Waals surface area contributed by atoms with E-state index in [1.54, 1.807) is 0 Å². The van der Waals surface area contributed by atoms with Crippen molar-refractivity contribution in [3.8, 4) is 10.4 Å². The molecule has 0 atom stereocenters. The van der Waals surface area contributed by atoms with Gasteiger partial charge in [0.05, 0.1) is 10.4 Å². The second kappa shape index (κ2) is 7.28. The standard InChI is InChI=1S/C21H24N2OS/c1-21(2,3)23-20(24)18(19(25-23)17-12-8-5-9-13-17)22-15-14-16-10-6-4-7-11-16/h4-13,22H,14-15H2,1-3H3. The molecular formula is C21H24N2OS. The Morgan fingerprint density at radius 1 is 0.960 bits per heavy atom. The number of hydrogen-bond acceptors (Lipinski definition) is 3. The highest BCUT2D eigenvalue weighted by atomic mass is 32.1. The molecule has 1 aromatic heterocycles. The summed E-state index contributed by atoms with van der Waals surface area (Å²) in [5.41, 5.74) is 2.88. The first kappa shape index (κ1) is 17.5. The van der Waals surface area contributed by atoms with Gasteiger partial charge in [0, 0.05) is 6.54 Å². The van der Waals surface area contributed by atoms with Crippen molar-refractivity contribution in [1.82, 2.24) is 3.96 Å². The Bertz CT molecular complexity index is 874. The lowest BCUT2D eigenvalue weighted by Gasteiger charge is -2.18. The zero-order chi connectivity index (χ0) is 17.9. The van der Waals surface area contributed by atoms with E-state index in [1.165, 1.54) is 17.1 Å². The summed E-state index contributed by atoms with van der Waals surface area (Å²) in [6.45, 7) is 6.92. The van der Waals surface area contributed by atoms with E-state index in [0.29, 0.717) is 5.69 Å². The minimum Gasteiger partial charge on any atom is -0.379 e. The summed E-state index contributed by atoms with van der Waals surface area (Å²) in [6.07, 6.45) is 0.889. The van der Waals surface area contributed by atoms with Gasteiger partial charge < -0.3 is 5.32 Å². The number of nitrogens with one attached hydrogen (secondary N) is 1. The fourth-order valence-electron chi connectivity index (χ4n) is 2.74. The largest absolute Gasteiger partial charge is 0.379 e. The maximum absolute atomic E-state index is 13.0. The predicted molar refractivity (Wildman–Crippen MR) is 108 cm³/mol. The van der Waals surface area contributed by atoms with Gasteiger partial charge in [-0.3, -0.25) is 8.75 Å². The molecule has 25 heavy (non-hydrogen) atoms. The monoisotopic (exact) mass is 352 g/mol. The maximum Gasteiger partial charge on any atom is 0.285 e. The first-order valence-electron chi connectivity index (χ1n) is 8.57. The molecule has 0 radical (unpaired) electrons. The van der Waals surface area contributed by atoms with Crippen molar-refractivity contribution in [3.05, 3.63) is 76.6 Å². The Hall–Kier alpha value is -2.33. The quantitative estimate of drug-likeness (QED) is 0.702. The lowest BCUT2D eigenvalue weighted by Crippen LogP contribution is -2.30. The predicted octanol–water partition coefficient (Wildman–Crippen LogP) is 4.99. The van der Waals surface area contributed by atoms with E-state index in [4.69, 9.17) is 0 Å². The van der Waals surface area contributed by atoms with E-state index < -0.39 is 0 Å². The summed E-state index contributed by atoms with van der Waals surface area (Å²) in [5.74, 6) is 0. The zero-order valence-electron chi connectivity index (χ0n) is 15.0. The van der Waals surface area contributed by atoms with Crippen LogP contribution < -0.4 is 10.9 Å². The number of rotatable bonds is 5. The van der Waals surface area contributed by atoms with Gasteiger partial charge in [-0.2, -0.15) is 0 Å². The van der Waals surface area contributed by atoms with E-state index in [1.807, 2.05) is 40.4 Å². The first-order valence-corrected chi connectivity index (χ1v) is 9.34. The molecule has 0 aliphatic rings. The molecule has 0 fully saturated rings. The normalized spacial score (nSPS) is 11.5. The van der Waals surface area contributed by atoms with Gasteiger partial charge in [0.2, 0.25) is 0 Å². The van der Waals surface area contributed by atoms with Gasteiger partial charge in [0.15, 0.2) is 0 Å². The molecule has 3 rings (SSSR count). The van der Waals surface area contributed by atoms with Crippen molar-refractivity contribution in [3.63, 3.8) is 0 Å². The molecule has 3 nitrogen and oxygen atoms in total. The van der Waals surface area contributed by atoms with Crippen molar-refractivity contribution in [2.75, 3.05) is 11.9 Å². The third-order valence-electron chi connectivity index (χ3n) is 4.01. The molecule has 1 heterocycles. The number of nitrogens with zero attached hydrogens (tertiary/aromatic N) is 1. The SMILES string of the molecule is CC(C)(C)n1sc(-c2ccccc2)c(NCCc2ccccc2)c1=O. The van der Waals surface area contributed by atoms with Crippen LogP contribution in [0.1, 0.15) is 26.3 Å². The fourth-order valence-corrected chi connectivity index (χ4v) is 3.86. The third-order valence-corrected chi connectivity index (χ3v) is 5.53. The Balaban J connectivity index is 1.91. The van der Waals surface area contributed by atoms with Gasteiger partial charge in [-0.25, -0.2) is 0 Å². The van der Waals surface area contributed by atoms with Crippen molar-refractivity contribution in [2.24, 2.45) is 0 Å².